The van der Waals surface area contributed by atoms with Crippen LogP contribution in [0.2, 0.25) is 0 Å². The Labute approximate surface area is 216 Å². The lowest BCUT2D eigenvalue weighted by molar-refractivity contribution is -0.207. The predicted molar refractivity (Wildman–Crippen MR) is 136 cm³/mol. The Morgan fingerprint density at radius 2 is 1.79 bits per heavy atom. The molecule has 2 heterocycles. The fourth-order valence-corrected chi connectivity index (χ4v) is 4.97. The van der Waals surface area contributed by atoms with Gasteiger partial charge in [-0.05, 0) is 58.1 Å². The zero-order chi connectivity index (χ0) is 27.8. The molecule has 2 atom stereocenters. The fourth-order valence-electron chi connectivity index (χ4n) is 4.97. The number of nitrogens with zero attached hydrogens (tertiary/aromatic N) is 2. The molecule has 0 unspecified atom stereocenters. The quantitative estimate of drug-likeness (QED) is 0.442. The van der Waals surface area contributed by atoms with Crippen molar-refractivity contribution in [1.29, 1.82) is 0 Å². The first-order valence-electron chi connectivity index (χ1n) is 12.3. The monoisotopic (exact) mass is 534 g/mol. The van der Waals surface area contributed by atoms with Gasteiger partial charge in [0, 0.05) is 54.5 Å². The number of likely N-dealkylation sites (tertiary alicyclic amines) is 1. The molecule has 38 heavy (non-hydrogen) atoms. The number of phenols is 2. The number of fused-ring (bicyclic) bond motifs is 1. The van der Waals surface area contributed by atoms with Gasteiger partial charge in [-0.3, -0.25) is 4.79 Å². The van der Waals surface area contributed by atoms with Gasteiger partial charge in [-0.15, -0.1) is 0 Å². The van der Waals surface area contributed by atoms with E-state index in [1.807, 2.05) is 26.0 Å². The highest BCUT2D eigenvalue weighted by Crippen LogP contribution is 2.43. The summed E-state index contributed by atoms with van der Waals surface area (Å²) in [5.41, 5.74) is 0.769. The Hall–Kier alpha value is -3.73. The number of benzene rings is 2. The van der Waals surface area contributed by atoms with E-state index in [0.29, 0.717) is 12.1 Å². The maximum Gasteiger partial charge on any atom is 0.490 e. The molecule has 1 saturated heterocycles. The zero-order valence-electron chi connectivity index (χ0n) is 21.2. The molecule has 11 heteroatoms. The minimum Gasteiger partial charge on any atom is -0.507 e. The lowest BCUT2D eigenvalue weighted by Gasteiger charge is -2.36. The van der Waals surface area contributed by atoms with Crippen LogP contribution in [0.5, 0.6) is 11.5 Å². The first kappa shape index (κ1) is 27.3. The van der Waals surface area contributed by atoms with Crippen molar-refractivity contribution in [3.8, 4) is 22.8 Å². The summed E-state index contributed by atoms with van der Waals surface area (Å²) in [7, 11) is 1.67. The van der Waals surface area contributed by atoms with Crippen molar-refractivity contribution in [2.45, 2.75) is 38.5 Å². The van der Waals surface area contributed by atoms with Crippen molar-refractivity contribution in [2.75, 3.05) is 38.1 Å². The number of carbonyl (C=O) groups is 1. The summed E-state index contributed by atoms with van der Waals surface area (Å²) in [6, 6.07) is 9.44. The number of hydrogen-bond acceptors (Lipinski definition) is 8. The van der Waals surface area contributed by atoms with Crippen molar-refractivity contribution in [3.63, 3.8) is 0 Å². The molecule has 1 fully saturated rings. The first-order valence-corrected chi connectivity index (χ1v) is 12.3. The second kappa shape index (κ2) is 10.6. The number of anilines is 1. The second-order valence-corrected chi connectivity index (χ2v) is 9.33. The minimum absolute atomic E-state index is 0.00425. The summed E-state index contributed by atoms with van der Waals surface area (Å²) >= 11 is 0. The number of rotatable bonds is 6. The number of ether oxygens (including phenoxy) is 1. The van der Waals surface area contributed by atoms with E-state index in [1.165, 1.54) is 6.07 Å². The van der Waals surface area contributed by atoms with Crippen molar-refractivity contribution in [1.82, 2.24) is 4.90 Å². The van der Waals surface area contributed by atoms with E-state index in [2.05, 4.69) is 4.90 Å². The highest BCUT2D eigenvalue weighted by atomic mass is 19.4. The first-order chi connectivity index (χ1) is 17.9. The number of carbonyl (C=O) groups excluding carboxylic acids is 1. The average molecular weight is 535 g/mol. The van der Waals surface area contributed by atoms with Gasteiger partial charge in [0.1, 0.15) is 34.3 Å². The van der Waals surface area contributed by atoms with Crippen LogP contribution in [0.3, 0.4) is 0 Å². The molecule has 204 valence electrons. The maximum absolute atomic E-state index is 13.1. The van der Waals surface area contributed by atoms with Crippen molar-refractivity contribution in [3.05, 3.63) is 52.2 Å². The summed E-state index contributed by atoms with van der Waals surface area (Å²) in [5, 5.41) is 21.1. The van der Waals surface area contributed by atoms with Crippen molar-refractivity contribution < 1.29 is 37.3 Å². The van der Waals surface area contributed by atoms with Crippen LogP contribution in [-0.4, -0.2) is 66.6 Å². The molecule has 2 aromatic carbocycles. The normalized spacial score (nSPS) is 18.5. The maximum atomic E-state index is 13.1. The van der Waals surface area contributed by atoms with Gasteiger partial charge in [0.05, 0.1) is 0 Å². The lowest BCUT2D eigenvalue weighted by atomic mass is 9.85. The van der Waals surface area contributed by atoms with Crippen LogP contribution in [0.1, 0.15) is 31.7 Å². The van der Waals surface area contributed by atoms with Crippen molar-refractivity contribution in [2.24, 2.45) is 0 Å². The van der Waals surface area contributed by atoms with E-state index < -0.39 is 41.1 Å². The Balaban J connectivity index is 1.85. The van der Waals surface area contributed by atoms with Crippen LogP contribution in [0, 0.1) is 0 Å². The molecule has 8 nitrogen and oxygen atoms in total. The molecule has 0 spiro atoms. The van der Waals surface area contributed by atoms with Crippen LogP contribution < -0.4 is 10.3 Å². The standard InChI is InChI=1S/C27H29F3N2O6/c1-4-32(5-2)16-8-6-15(7-9-16)21-13-20(35)24-19(34)12-18(33)23(25(24)37-21)17-10-11-31(3)14-22(17)38-26(36)27(28,29)30/h6-9,12-13,17,22,33-34H,4-5,10-11,14H2,1-3H3/t17-,22+/m0/s1. The zero-order valence-corrected chi connectivity index (χ0v) is 21.2. The number of piperidine rings is 1. The SMILES string of the molecule is CCN(CC)c1ccc(-c2cc(=O)c3c(O)cc(O)c([C@H]4CCN(C)C[C@H]4OC(=O)C(F)(F)F)c3o2)cc1. The highest BCUT2D eigenvalue weighted by Gasteiger charge is 2.45. The third kappa shape index (κ3) is 5.28. The smallest absolute Gasteiger partial charge is 0.490 e. The Morgan fingerprint density at radius 1 is 1.13 bits per heavy atom. The summed E-state index contributed by atoms with van der Waals surface area (Å²) in [6.45, 7) is 6.05. The average Bonchev–Trinajstić information content (AvgIpc) is 2.85. The number of esters is 1. The summed E-state index contributed by atoms with van der Waals surface area (Å²) in [6.07, 6.45) is -6.29. The number of halogens is 3. The molecule has 4 rings (SSSR count). The van der Waals surface area contributed by atoms with E-state index in [9.17, 15) is 33.0 Å². The Kier molecular flexibility index (Phi) is 7.59. The van der Waals surface area contributed by atoms with Gasteiger partial charge >= 0.3 is 12.1 Å². The molecule has 3 aromatic rings. The summed E-state index contributed by atoms with van der Waals surface area (Å²) in [4.78, 5) is 28.6. The Morgan fingerprint density at radius 3 is 2.39 bits per heavy atom. The molecule has 1 aliphatic rings. The van der Waals surface area contributed by atoms with Crippen LogP contribution in [0.15, 0.2) is 45.6 Å². The number of aromatic hydroxyl groups is 2. The van der Waals surface area contributed by atoms with Crippen LogP contribution >= 0.6 is 0 Å². The van der Waals surface area contributed by atoms with Crippen LogP contribution in [0.4, 0.5) is 18.9 Å². The molecule has 0 amide bonds. The van der Waals surface area contributed by atoms with Gasteiger partial charge in [0.15, 0.2) is 5.43 Å². The number of hydrogen-bond donors (Lipinski definition) is 2. The Bertz CT molecular complexity index is 1380. The second-order valence-electron chi connectivity index (χ2n) is 9.33. The van der Waals surface area contributed by atoms with E-state index in [-0.39, 0.29) is 35.3 Å². The number of alkyl halides is 3. The van der Waals surface area contributed by atoms with E-state index in [1.54, 1.807) is 24.1 Å². The van der Waals surface area contributed by atoms with Gasteiger partial charge in [-0.2, -0.15) is 13.2 Å². The third-order valence-electron chi connectivity index (χ3n) is 6.90. The molecule has 1 aromatic heterocycles. The van der Waals surface area contributed by atoms with Gasteiger partial charge in [-0.1, -0.05) is 0 Å². The summed E-state index contributed by atoms with van der Waals surface area (Å²) in [5.74, 6) is -4.13. The summed E-state index contributed by atoms with van der Waals surface area (Å²) < 4.78 is 49.9. The third-order valence-corrected chi connectivity index (χ3v) is 6.90. The molecule has 0 saturated carbocycles. The van der Waals surface area contributed by atoms with Gasteiger partial charge in [-0.25, -0.2) is 4.79 Å². The molecule has 0 aliphatic carbocycles. The van der Waals surface area contributed by atoms with Crippen LogP contribution in [-0.2, 0) is 9.53 Å². The molecule has 0 radical (unpaired) electrons. The molecule has 0 bridgehead atoms. The van der Waals surface area contributed by atoms with Gasteiger partial charge < -0.3 is 29.2 Å². The predicted octanol–water partition coefficient (Wildman–Crippen LogP) is 4.61. The molecular formula is C27H29F3N2O6. The molecule has 1 aliphatic heterocycles. The van der Waals surface area contributed by atoms with Gasteiger partial charge in [0.2, 0.25) is 0 Å². The minimum atomic E-state index is -5.20. The fraction of sp³-hybridized carbons (Fsp3) is 0.407. The van der Waals surface area contributed by atoms with Gasteiger partial charge in [0.25, 0.3) is 0 Å². The van der Waals surface area contributed by atoms with Crippen molar-refractivity contribution >= 4 is 22.6 Å². The topological polar surface area (TPSA) is 103 Å². The molecule has 2 N–H and O–H groups in total. The van der Waals surface area contributed by atoms with E-state index in [4.69, 9.17) is 9.15 Å². The van der Waals surface area contributed by atoms with E-state index in [0.717, 1.165) is 24.8 Å². The number of likely N-dealkylation sites (N-methyl/N-ethyl adjacent to an activating group) is 1. The highest BCUT2D eigenvalue weighted by molar-refractivity contribution is 5.90. The van der Waals surface area contributed by atoms with E-state index >= 15 is 0 Å². The van der Waals surface area contributed by atoms with Crippen LogP contribution in [0.25, 0.3) is 22.3 Å². The molecular weight excluding hydrogens is 505 g/mol. The lowest BCUT2D eigenvalue weighted by Crippen LogP contribution is -2.45. The number of phenolic OH excluding ortho intramolecular Hbond substituents is 2. The largest absolute Gasteiger partial charge is 0.507 e.